The second-order valence-electron chi connectivity index (χ2n) is 4.48. The molecule has 0 spiro atoms. The van der Waals surface area contributed by atoms with Crippen molar-refractivity contribution in [1.82, 2.24) is 14.5 Å². The van der Waals surface area contributed by atoms with Gasteiger partial charge in [0.1, 0.15) is 10.8 Å². The van der Waals surface area contributed by atoms with Crippen LogP contribution >= 0.6 is 11.3 Å². The van der Waals surface area contributed by atoms with Crippen molar-refractivity contribution >= 4 is 22.4 Å². The number of imidazole rings is 1. The number of rotatable bonds is 2. The summed E-state index contributed by atoms with van der Waals surface area (Å²) in [7, 11) is 0. The first-order valence-electron chi connectivity index (χ1n) is 6.00. The van der Waals surface area contributed by atoms with E-state index < -0.39 is 0 Å². The highest BCUT2D eigenvalue weighted by atomic mass is 32.1. The van der Waals surface area contributed by atoms with E-state index in [1.54, 1.807) is 11.3 Å². The van der Waals surface area contributed by atoms with E-state index >= 15 is 0 Å². The van der Waals surface area contributed by atoms with E-state index in [9.17, 15) is 0 Å². The molecule has 0 aliphatic carbocycles. The number of para-hydroxylation sites is 2. The van der Waals surface area contributed by atoms with Crippen LogP contribution in [0.1, 0.15) is 21.4 Å². The van der Waals surface area contributed by atoms with Gasteiger partial charge in [-0.25, -0.2) is 9.97 Å². The first-order valence-corrected chi connectivity index (χ1v) is 6.81. The highest BCUT2D eigenvalue weighted by Crippen LogP contribution is 2.21. The molecule has 0 radical (unpaired) electrons. The molecule has 3 aromatic rings. The molecule has 0 unspecified atom stereocenters. The van der Waals surface area contributed by atoms with Gasteiger partial charge < -0.3 is 4.57 Å². The second-order valence-corrected chi connectivity index (χ2v) is 5.77. The fourth-order valence-electron chi connectivity index (χ4n) is 2.14. The molecule has 0 saturated heterocycles. The lowest BCUT2D eigenvalue weighted by molar-refractivity contribution is 0.777. The van der Waals surface area contributed by atoms with E-state index in [0.717, 1.165) is 28.6 Å². The molecular formula is C14H15N3S. The maximum atomic E-state index is 4.60. The van der Waals surface area contributed by atoms with Crippen molar-refractivity contribution in [2.75, 3.05) is 0 Å². The minimum atomic E-state index is 0.811. The van der Waals surface area contributed by atoms with Crippen LogP contribution in [0.15, 0.2) is 24.3 Å². The summed E-state index contributed by atoms with van der Waals surface area (Å²) in [5, 5.41) is 1.15. The molecule has 18 heavy (non-hydrogen) atoms. The molecule has 2 aromatic heterocycles. The first-order chi connectivity index (χ1) is 8.65. The van der Waals surface area contributed by atoms with Gasteiger partial charge in [-0.1, -0.05) is 12.1 Å². The Morgan fingerprint density at radius 1 is 1.11 bits per heavy atom. The topological polar surface area (TPSA) is 30.7 Å². The van der Waals surface area contributed by atoms with Crippen LogP contribution in [0.25, 0.3) is 11.0 Å². The largest absolute Gasteiger partial charge is 0.321 e. The van der Waals surface area contributed by atoms with Crippen LogP contribution in [-0.4, -0.2) is 14.5 Å². The fourth-order valence-corrected chi connectivity index (χ4v) is 3.06. The van der Waals surface area contributed by atoms with Gasteiger partial charge in [-0.2, -0.15) is 0 Å². The van der Waals surface area contributed by atoms with Gasteiger partial charge in [-0.05, 0) is 32.9 Å². The summed E-state index contributed by atoms with van der Waals surface area (Å²) in [5.74, 6) is 1.04. The van der Waals surface area contributed by atoms with Gasteiger partial charge in [0.25, 0.3) is 0 Å². The highest BCUT2D eigenvalue weighted by Gasteiger charge is 2.10. The molecule has 2 heterocycles. The summed E-state index contributed by atoms with van der Waals surface area (Å²) < 4.78 is 2.23. The fraction of sp³-hybridized carbons (Fsp3) is 0.286. The third-order valence-electron chi connectivity index (χ3n) is 3.21. The second kappa shape index (κ2) is 4.21. The van der Waals surface area contributed by atoms with Crippen molar-refractivity contribution < 1.29 is 0 Å². The van der Waals surface area contributed by atoms with Gasteiger partial charge in [0, 0.05) is 4.88 Å². The maximum Gasteiger partial charge on any atom is 0.113 e. The zero-order valence-corrected chi connectivity index (χ0v) is 11.6. The third-order valence-corrected chi connectivity index (χ3v) is 4.27. The van der Waals surface area contributed by atoms with Crippen LogP contribution in [0.3, 0.4) is 0 Å². The van der Waals surface area contributed by atoms with E-state index in [2.05, 4.69) is 46.6 Å². The number of benzene rings is 1. The smallest absolute Gasteiger partial charge is 0.113 e. The van der Waals surface area contributed by atoms with Gasteiger partial charge >= 0.3 is 0 Å². The van der Waals surface area contributed by atoms with Gasteiger partial charge in [0.2, 0.25) is 0 Å². The first kappa shape index (κ1) is 11.4. The molecule has 1 aromatic carbocycles. The number of hydrogen-bond acceptors (Lipinski definition) is 3. The standard InChI is InChI=1S/C14H15N3S/c1-9-10(2)18-14(15-9)8-17-11(3)16-12-6-4-5-7-13(12)17/h4-7H,8H2,1-3H3. The molecule has 0 bridgehead atoms. The van der Waals surface area contributed by atoms with E-state index in [1.807, 2.05) is 13.0 Å². The van der Waals surface area contributed by atoms with Crippen molar-refractivity contribution in [3.8, 4) is 0 Å². The van der Waals surface area contributed by atoms with Gasteiger partial charge in [-0.15, -0.1) is 11.3 Å². The lowest BCUT2D eigenvalue weighted by atomic mass is 10.3. The number of thiazole rings is 1. The Balaban J connectivity index is 2.06. The molecule has 92 valence electrons. The van der Waals surface area contributed by atoms with Crippen molar-refractivity contribution in [3.05, 3.63) is 45.7 Å². The van der Waals surface area contributed by atoms with Crippen molar-refractivity contribution in [2.24, 2.45) is 0 Å². The van der Waals surface area contributed by atoms with Crippen LogP contribution in [0.4, 0.5) is 0 Å². The van der Waals surface area contributed by atoms with Gasteiger partial charge in [-0.3, -0.25) is 0 Å². The van der Waals surface area contributed by atoms with Crippen molar-refractivity contribution in [1.29, 1.82) is 0 Å². The maximum absolute atomic E-state index is 4.60. The Bertz CT molecular complexity index is 689. The molecule has 0 aliphatic rings. The number of aryl methyl sites for hydroxylation is 3. The Morgan fingerprint density at radius 2 is 1.89 bits per heavy atom. The highest BCUT2D eigenvalue weighted by molar-refractivity contribution is 7.11. The van der Waals surface area contributed by atoms with E-state index in [0.29, 0.717) is 0 Å². The molecular weight excluding hydrogens is 242 g/mol. The van der Waals surface area contributed by atoms with E-state index in [4.69, 9.17) is 0 Å². The van der Waals surface area contributed by atoms with Gasteiger partial charge in [0.05, 0.1) is 23.3 Å². The predicted molar refractivity (Wildman–Crippen MR) is 75.2 cm³/mol. The molecule has 3 rings (SSSR count). The van der Waals surface area contributed by atoms with E-state index in [-0.39, 0.29) is 0 Å². The quantitative estimate of drug-likeness (QED) is 0.704. The van der Waals surface area contributed by atoms with Crippen molar-refractivity contribution in [3.63, 3.8) is 0 Å². The van der Waals surface area contributed by atoms with Crippen LogP contribution in [0.5, 0.6) is 0 Å². The summed E-state index contributed by atoms with van der Waals surface area (Å²) in [6.07, 6.45) is 0. The molecule has 0 amide bonds. The Kier molecular flexibility index (Phi) is 2.67. The average molecular weight is 257 g/mol. The lowest BCUT2D eigenvalue weighted by Gasteiger charge is -2.03. The Morgan fingerprint density at radius 3 is 2.61 bits per heavy atom. The summed E-state index contributed by atoms with van der Waals surface area (Å²) in [4.78, 5) is 10.5. The number of nitrogens with zero attached hydrogens (tertiary/aromatic N) is 3. The lowest BCUT2D eigenvalue weighted by Crippen LogP contribution is -2.01. The normalized spacial score (nSPS) is 11.3. The molecule has 0 N–H and O–H groups in total. The van der Waals surface area contributed by atoms with Gasteiger partial charge in [0.15, 0.2) is 0 Å². The molecule has 0 fully saturated rings. The molecule has 0 atom stereocenters. The molecule has 4 heteroatoms. The predicted octanol–water partition coefficient (Wildman–Crippen LogP) is 3.47. The SMILES string of the molecule is Cc1nc(Cn2c(C)nc3ccccc32)sc1C. The summed E-state index contributed by atoms with van der Waals surface area (Å²) in [6, 6.07) is 8.24. The summed E-state index contributed by atoms with van der Waals surface area (Å²) in [6.45, 7) is 7.04. The molecule has 0 aliphatic heterocycles. The number of hydrogen-bond donors (Lipinski definition) is 0. The zero-order valence-electron chi connectivity index (χ0n) is 10.8. The number of fused-ring (bicyclic) bond motifs is 1. The van der Waals surface area contributed by atoms with Crippen LogP contribution in [-0.2, 0) is 6.54 Å². The molecule has 0 saturated carbocycles. The van der Waals surface area contributed by atoms with Crippen LogP contribution in [0.2, 0.25) is 0 Å². The third kappa shape index (κ3) is 1.82. The monoisotopic (exact) mass is 257 g/mol. The minimum absolute atomic E-state index is 0.811. The number of aromatic nitrogens is 3. The Hall–Kier alpha value is -1.68. The summed E-state index contributed by atoms with van der Waals surface area (Å²) in [5.41, 5.74) is 3.37. The zero-order chi connectivity index (χ0) is 12.7. The van der Waals surface area contributed by atoms with Crippen molar-refractivity contribution in [2.45, 2.75) is 27.3 Å². The van der Waals surface area contributed by atoms with Crippen LogP contribution < -0.4 is 0 Å². The van der Waals surface area contributed by atoms with E-state index in [1.165, 1.54) is 10.4 Å². The average Bonchev–Trinajstić information content (AvgIpc) is 2.82. The van der Waals surface area contributed by atoms with Crippen LogP contribution in [0, 0.1) is 20.8 Å². The minimum Gasteiger partial charge on any atom is -0.321 e. The Labute approximate surface area is 110 Å². The molecule has 3 nitrogen and oxygen atoms in total. The summed E-state index contributed by atoms with van der Waals surface area (Å²) >= 11 is 1.77.